The van der Waals surface area contributed by atoms with E-state index in [0.717, 1.165) is 95.3 Å². The second-order valence-corrected chi connectivity index (χ2v) is 20.8. The molecule has 0 N–H and O–H groups in total. The lowest BCUT2D eigenvalue weighted by Gasteiger charge is -2.43. The minimum Gasteiger partial charge on any atom is -0.456 e. The third-order valence-corrected chi connectivity index (χ3v) is 14.2. The molecule has 0 bridgehead atoms. The summed E-state index contributed by atoms with van der Waals surface area (Å²) in [5, 5.41) is 3.33. The molecule has 7 aromatic carbocycles. The van der Waals surface area contributed by atoms with Crippen LogP contribution in [0.3, 0.4) is 0 Å². The summed E-state index contributed by atoms with van der Waals surface area (Å²) in [4.78, 5) is 4.97. The average Bonchev–Trinajstić information content (AvgIpc) is 4.02. The molecule has 0 amide bonds. The number of anilines is 6. The van der Waals surface area contributed by atoms with Crippen LogP contribution in [0.25, 0.3) is 55.6 Å². The lowest BCUT2D eigenvalue weighted by Crippen LogP contribution is -2.61. The Labute approximate surface area is 387 Å². The van der Waals surface area contributed by atoms with Crippen LogP contribution in [0.2, 0.25) is 0 Å². The van der Waals surface area contributed by atoms with Gasteiger partial charge in [-0.1, -0.05) is 114 Å². The Morgan fingerprint density at radius 3 is 1.59 bits per heavy atom. The maximum absolute atomic E-state index is 7.26. The molecule has 0 saturated carbocycles. The molecule has 0 unspecified atom stereocenters. The van der Waals surface area contributed by atoms with E-state index in [1.54, 1.807) is 0 Å². The SMILES string of the molecule is Cc1cc(C(C)(C)C)cc(C)c1N1c2cc(-c3cc4ccccc4o3)ccc2B2c3c1cccc3N(c1c(C)cc(-c3cc4ccccc4o3)cc1C)c1oc3ccc(C(C)(C)C)cc3c12. The molecule has 10 aromatic rings. The molecule has 12 rings (SSSR count). The van der Waals surface area contributed by atoms with Gasteiger partial charge in [-0.25, -0.2) is 0 Å². The van der Waals surface area contributed by atoms with Crippen LogP contribution in [0.1, 0.15) is 74.9 Å². The van der Waals surface area contributed by atoms with Gasteiger partial charge in [0.15, 0.2) is 0 Å². The predicted molar refractivity (Wildman–Crippen MR) is 277 cm³/mol. The Hall–Kier alpha value is -7.18. The van der Waals surface area contributed by atoms with Crippen molar-refractivity contribution in [3.63, 3.8) is 0 Å². The van der Waals surface area contributed by atoms with Gasteiger partial charge >= 0.3 is 0 Å². The van der Waals surface area contributed by atoms with Gasteiger partial charge < -0.3 is 18.2 Å². The number of nitrogens with zero attached hydrogens (tertiary/aromatic N) is 2. The van der Waals surface area contributed by atoms with Crippen molar-refractivity contribution in [3.8, 4) is 22.6 Å². The number of hydrogen-bond acceptors (Lipinski definition) is 5. The Morgan fingerprint density at radius 2 is 0.985 bits per heavy atom. The zero-order chi connectivity index (χ0) is 45.6. The number of furan rings is 3. The predicted octanol–water partition coefficient (Wildman–Crippen LogP) is 15.2. The van der Waals surface area contributed by atoms with E-state index in [1.807, 2.05) is 24.3 Å². The minimum absolute atomic E-state index is 0.000150. The molecule has 2 aliphatic heterocycles. The van der Waals surface area contributed by atoms with Crippen molar-refractivity contribution in [2.75, 3.05) is 9.80 Å². The molecule has 2 aliphatic rings. The first-order valence-corrected chi connectivity index (χ1v) is 23.3. The van der Waals surface area contributed by atoms with Crippen LogP contribution in [0.15, 0.2) is 153 Å². The molecule has 0 atom stereocenters. The maximum Gasteiger partial charge on any atom is 0.257 e. The van der Waals surface area contributed by atoms with Gasteiger partial charge in [0.2, 0.25) is 5.88 Å². The normalized spacial score (nSPS) is 13.5. The first kappa shape index (κ1) is 40.3. The van der Waals surface area contributed by atoms with Crippen molar-refractivity contribution in [2.45, 2.75) is 80.1 Å². The van der Waals surface area contributed by atoms with E-state index in [0.29, 0.717) is 0 Å². The van der Waals surface area contributed by atoms with E-state index in [4.69, 9.17) is 13.3 Å². The Balaban J connectivity index is 1.15. The maximum atomic E-state index is 7.26. The number of benzene rings is 7. The summed E-state index contributed by atoms with van der Waals surface area (Å²) >= 11 is 0. The minimum atomic E-state index is -0.125. The molecule has 0 saturated heterocycles. The molecule has 3 aromatic heterocycles. The molecule has 0 aliphatic carbocycles. The van der Waals surface area contributed by atoms with Crippen molar-refractivity contribution in [2.24, 2.45) is 0 Å². The van der Waals surface area contributed by atoms with Crippen LogP contribution < -0.4 is 26.2 Å². The lowest BCUT2D eigenvalue weighted by atomic mass is 9.33. The van der Waals surface area contributed by atoms with E-state index in [-0.39, 0.29) is 17.5 Å². The fourth-order valence-corrected chi connectivity index (χ4v) is 11.0. The molecule has 0 radical (unpaired) electrons. The zero-order valence-corrected chi connectivity index (χ0v) is 39.5. The highest BCUT2D eigenvalue weighted by molar-refractivity contribution is 7.01. The quantitative estimate of drug-likeness (QED) is 0.165. The van der Waals surface area contributed by atoms with Crippen molar-refractivity contribution in [3.05, 3.63) is 173 Å². The van der Waals surface area contributed by atoms with Crippen LogP contribution in [0, 0.1) is 27.7 Å². The van der Waals surface area contributed by atoms with Crippen molar-refractivity contribution in [1.29, 1.82) is 0 Å². The fourth-order valence-electron chi connectivity index (χ4n) is 11.0. The lowest BCUT2D eigenvalue weighted by molar-refractivity contribution is 0.589. The number of fused-ring (bicyclic) bond motifs is 8. The summed E-state index contributed by atoms with van der Waals surface area (Å²) in [6.07, 6.45) is 0. The van der Waals surface area contributed by atoms with Gasteiger partial charge in [-0.3, -0.25) is 4.90 Å². The van der Waals surface area contributed by atoms with Gasteiger partial charge in [0, 0.05) is 49.8 Å². The molecule has 324 valence electrons. The number of hydrogen-bond donors (Lipinski definition) is 0. The average molecular weight is 861 g/mol. The number of para-hydroxylation sites is 2. The third kappa shape index (κ3) is 6.07. The van der Waals surface area contributed by atoms with Gasteiger partial charge in [-0.15, -0.1) is 0 Å². The van der Waals surface area contributed by atoms with E-state index >= 15 is 0 Å². The van der Waals surface area contributed by atoms with Crippen LogP contribution >= 0.6 is 0 Å². The van der Waals surface area contributed by atoms with E-state index in [1.165, 1.54) is 44.3 Å². The number of aryl methyl sites for hydroxylation is 4. The largest absolute Gasteiger partial charge is 0.456 e. The summed E-state index contributed by atoms with van der Waals surface area (Å²) in [7, 11) is 0. The van der Waals surface area contributed by atoms with Gasteiger partial charge in [0.1, 0.15) is 28.3 Å². The van der Waals surface area contributed by atoms with E-state index in [2.05, 4.69) is 194 Å². The molecule has 66 heavy (non-hydrogen) atoms. The third-order valence-electron chi connectivity index (χ3n) is 14.2. The van der Waals surface area contributed by atoms with E-state index < -0.39 is 0 Å². The van der Waals surface area contributed by atoms with Crippen LogP contribution in [-0.2, 0) is 10.8 Å². The highest BCUT2D eigenvalue weighted by Gasteiger charge is 2.47. The second kappa shape index (κ2) is 14.2. The first-order chi connectivity index (χ1) is 31.6. The topological polar surface area (TPSA) is 45.9 Å². The van der Waals surface area contributed by atoms with Gasteiger partial charge in [0.05, 0.1) is 11.4 Å². The van der Waals surface area contributed by atoms with E-state index in [9.17, 15) is 0 Å². The van der Waals surface area contributed by atoms with Crippen LogP contribution in [-0.4, -0.2) is 6.71 Å². The molecule has 0 spiro atoms. The Morgan fingerprint density at radius 1 is 0.424 bits per heavy atom. The fraction of sp³-hybridized carbons (Fsp3) is 0.200. The zero-order valence-electron chi connectivity index (χ0n) is 39.5. The Kier molecular flexibility index (Phi) is 8.66. The van der Waals surface area contributed by atoms with Crippen LogP contribution in [0.4, 0.5) is 34.3 Å². The van der Waals surface area contributed by atoms with Crippen molar-refractivity contribution in [1.82, 2.24) is 0 Å². The van der Waals surface area contributed by atoms with Crippen molar-refractivity contribution < 1.29 is 13.3 Å². The first-order valence-electron chi connectivity index (χ1n) is 23.3. The monoisotopic (exact) mass is 860 g/mol. The summed E-state index contributed by atoms with van der Waals surface area (Å²) < 4.78 is 20.3. The highest BCUT2D eigenvalue weighted by Crippen LogP contribution is 2.50. The van der Waals surface area contributed by atoms with Gasteiger partial charge in [-0.05, 0) is 150 Å². The molecule has 0 fully saturated rings. The van der Waals surface area contributed by atoms with Gasteiger partial charge in [-0.2, -0.15) is 0 Å². The highest BCUT2D eigenvalue weighted by atomic mass is 16.4. The summed E-state index contributed by atoms with van der Waals surface area (Å²) in [5.41, 5.74) is 21.4. The second-order valence-electron chi connectivity index (χ2n) is 20.8. The Bertz CT molecular complexity index is 3530. The molecular formula is C60H53BN2O3. The molecule has 6 heteroatoms. The molecule has 5 nitrogen and oxygen atoms in total. The summed E-state index contributed by atoms with van der Waals surface area (Å²) in [6.45, 7) is 22.7. The standard InChI is InChI=1S/C60H53BN2O3/c1-34-26-41(53-32-39-17-12-14-21-50(39)65-53)27-35(2)57(34)63-47-19-15-18-46-55(47)61(54-44-33-42(59(5,6)7)23-25-51(44)66-58(54)63)45-24-22-40(52-31-38-16-11-13-20-49(38)64-52)30-48(45)62(46)56-36(3)28-43(29-37(56)4)60(8,9)10/h11-33H,1-10H3. The smallest absolute Gasteiger partial charge is 0.257 e. The summed E-state index contributed by atoms with van der Waals surface area (Å²) in [5.74, 6) is 2.57. The molecule has 5 heterocycles. The number of rotatable bonds is 4. The van der Waals surface area contributed by atoms with Gasteiger partial charge in [0.25, 0.3) is 6.71 Å². The summed E-state index contributed by atoms with van der Waals surface area (Å²) in [6, 6.07) is 50.8. The van der Waals surface area contributed by atoms with Crippen LogP contribution in [0.5, 0.6) is 0 Å². The molecular weight excluding hydrogens is 807 g/mol. The van der Waals surface area contributed by atoms with Crippen molar-refractivity contribution >= 4 is 90.3 Å².